The maximum absolute atomic E-state index is 11.4. The van der Waals surface area contributed by atoms with Crippen LogP contribution in [0.2, 0.25) is 5.02 Å². The Morgan fingerprint density at radius 3 is 2.58 bits per heavy atom. The van der Waals surface area contributed by atoms with Crippen LogP contribution in [0.5, 0.6) is 5.88 Å². The summed E-state index contributed by atoms with van der Waals surface area (Å²) in [7, 11) is 0. The molecule has 0 atom stereocenters. The van der Waals surface area contributed by atoms with Crippen molar-refractivity contribution in [2.75, 3.05) is 12.3 Å². The van der Waals surface area contributed by atoms with Crippen molar-refractivity contribution in [1.82, 2.24) is 9.78 Å². The first-order valence-corrected chi connectivity index (χ1v) is 5.99. The summed E-state index contributed by atoms with van der Waals surface area (Å²) in [6.45, 7) is 2.14. The maximum atomic E-state index is 11.4. The summed E-state index contributed by atoms with van der Waals surface area (Å²) in [4.78, 5) is 11.4. The van der Waals surface area contributed by atoms with Gasteiger partial charge in [-0.25, -0.2) is 4.68 Å². The van der Waals surface area contributed by atoms with Gasteiger partial charge >= 0.3 is 0 Å². The van der Waals surface area contributed by atoms with Gasteiger partial charge in [0.25, 0.3) is 5.91 Å². The number of amides is 1. The number of nitrogens with two attached hydrogens (primary N) is 2. The van der Waals surface area contributed by atoms with Gasteiger partial charge in [-0.3, -0.25) is 4.79 Å². The Labute approximate surface area is 114 Å². The van der Waals surface area contributed by atoms with E-state index in [-0.39, 0.29) is 17.3 Å². The van der Waals surface area contributed by atoms with Crippen LogP contribution in [0.3, 0.4) is 0 Å². The van der Waals surface area contributed by atoms with Crippen LogP contribution in [-0.4, -0.2) is 22.3 Å². The number of ether oxygens (including phenoxy) is 1. The molecular weight excluding hydrogens is 268 g/mol. The van der Waals surface area contributed by atoms with Gasteiger partial charge in [-0.15, -0.1) is 5.10 Å². The van der Waals surface area contributed by atoms with Crippen LogP contribution in [0, 0.1) is 0 Å². The quantitative estimate of drug-likeness (QED) is 0.889. The minimum Gasteiger partial charge on any atom is -0.476 e. The summed E-state index contributed by atoms with van der Waals surface area (Å²) in [5.41, 5.74) is 11.9. The molecule has 4 N–H and O–H groups in total. The van der Waals surface area contributed by atoms with Crippen LogP contribution in [0.1, 0.15) is 17.3 Å². The van der Waals surface area contributed by atoms with Crippen LogP contribution in [0.25, 0.3) is 5.69 Å². The van der Waals surface area contributed by atoms with Gasteiger partial charge in [0.2, 0.25) is 5.88 Å². The third-order valence-electron chi connectivity index (χ3n) is 2.49. The number of carbonyl (C=O) groups excluding carboxylic acids is 1. The van der Waals surface area contributed by atoms with Crippen LogP contribution in [0.15, 0.2) is 24.3 Å². The first kappa shape index (κ1) is 13.2. The molecule has 2 rings (SSSR count). The molecule has 100 valence electrons. The predicted molar refractivity (Wildman–Crippen MR) is 72.7 cm³/mol. The summed E-state index contributed by atoms with van der Waals surface area (Å²) in [5, 5.41) is 4.74. The molecule has 19 heavy (non-hydrogen) atoms. The number of halogens is 1. The zero-order chi connectivity index (χ0) is 14.0. The van der Waals surface area contributed by atoms with Crippen LogP contribution >= 0.6 is 11.6 Å². The van der Waals surface area contributed by atoms with Gasteiger partial charge in [-0.2, -0.15) is 0 Å². The third-order valence-corrected chi connectivity index (χ3v) is 2.74. The number of primary amides is 1. The summed E-state index contributed by atoms with van der Waals surface area (Å²) >= 11 is 5.82. The van der Waals surface area contributed by atoms with E-state index >= 15 is 0 Å². The average molecular weight is 281 g/mol. The van der Waals surface area contributed by atoms with E-state index in [9.17, 15) is 4.79 Å². The molecule has 0 saturated heterocycles. The van der Waals surface area contributed by atoms with Gasteiger partial charge in [-0.1, -0.05) is 11.6 Å². The second-order valence-corrected chi connectivity index (χ2v) is 4.19. The monoisotopic (exact) mass is 280 g/mol. The number of rotatable bonds is 4. The number of hydrogen-bond donors (Lipinski definition) is 2. The average Bonchev–Trinajstić information content (AvgIpc) is 2.68. The lowest BCUT2D eigenvalue weighted by Crippen LogP contribution is -2.14. The highest BCUT2D eigenvalue weighted by Gasteiger charge is 2.22. The smallest absolute Gasteiger partial charge is 0.258 e. The third kappa shape index (κ3) is 2.48. The fourth-order valence-electron chi connectivity index (χ4n) is 1.66. The number of hydrogen-bond acceptors (Lipinski definition) is 4. The highest BCUT2D eigenvalue weighted by Crippen LogP contribution is 2.26. The van der Waals surface area contributed by atoms with E-state index in [1.807, 2.05) is 0 Å². The van der Waals surface area contributed by atoms with Gasteiger partial charge in [-0.05, 0) is 31.2 Å². The molecule has 0 saturated carbocycles. The van der Waals surface area contributed by atoms with E-state index in [0.29, 0.717) is 17.3 Å². The van der Waals surface area contributed by atoms with E-state index < -0.39 is 5.91 Å². The van der Waals surface area contributed by atoms with Crippen molar-refractivity contribution in [2.45, 2.75) is 6.92 Å². The van der Waals surface area contributed by atoms with Crippen molar-refractivity contribution in [3.63, 3.8) is 0 Å². The minimum atomic E-state index is -0.679. The first-order valence-electron chi connectivity index (χ1n) is 5.61. The summed E-state index contributed by atoms with van der Waals surface area (Å²) in [6, 6.07) is 6.85. The predicted octanol–water partition coefficient (Wildman–Crippen LogP) is 1.61. The van der Waals surface area contributed by atoms with Crippen LogP contribution in [0.4, 0.5) is 5.82 Å². The molecule has 1 aromatic carbocycles. The largest absolute Gasteiger partial charge is 0.476 e. The molecule has 0 unspecified atom stereocenters. The Balaban J connectivity index is 2.55. The first-order chi connectivity index (χ1) is 9.04. The van der Waals surface area contributed by atoms with Crippen molar-refractivity contribution < 1.29 is 9.53 Å². The number of carbonyl (C=O) groups is 1. The molecule has 0 aliphatic heterocycles. The second kappa shape index (κ2) is 5.19. The van der Waals surface area contributed by atoms with Crippen molar-refractivity contribution in [3.8, 4) is 11.6 Å². The Bertz CT molecular complexity index is 607. The number of anilines is 1. The Morgan fingerprint density at radius 1 is 1.42 bits per heavy atom. The van der Waals surface area contributed by atoms with Crippen LogP contribution < -0.4 is 16.2 Å². The lowest BCUT2D eigenvalue weighted by Gasteiger charge is -2.03. The molecule has 0 fully saturated rings. The fraction of sp³-hybridized carbons (Fsp3) is 0.167. The van der Waals surface area contributed by atoms with Gasteiger partial charge in [0.15, 0.2) is 0 Å². The molecule has 1 amide bonds. The Morgan fingerprint density at radius 2 is 2.05 bits per heavy atom. The van der Waals surface area contributed by atoms with E-state index in [1.54, 1.807) is 31.2 Å². The minimum absolute atomic E-state index is 0.0804. The zero-order valence-electron chi connectivity index (χ0n) is 10.3. The molecule has 0 bridgehead atoms. The maximum Gasteiger partial charge on any atom is 0.258 e. The van der Waals surface area contributed by atoms with E-state index in [4.69, 9.17) is 27.8 Å². The zero-order valence-corrected chi connectivity index (χ0v) is 11.0. The highest BCUT2D eigenvalue weighted by atomic mass is 35.5. The molecule has 7 heteroatoms. The molecule has 0 aliphatic carbocycles. The number of aromatic nitrogens is 2. The standard InChI is InChI=1S/C12H13ClN4O2/c1-2-19-12-9(11(15)18)10(14)17(16-12)8-5-3-7(13)4-6-8/h3-6H,2,14H2,1H3,(H2,15,18). The lowest BCUT2D eigenvalue weighted by molar-refractivity contribution is 0.0997. The number of benzene rings is 1. The number of nitrogens with zero attached hydrogens (tertiary/aromatic N) is 2. The molecule has 1 heterocycles. The molecule has 0 radical (unpaired) electrons. The fourth-order valence-corrected chi connectivity index (χ4v) is 1.78. The Kier molecular flexibility index (Phi) is 3.62. The van der Waals surface area contributed by atoms with Gasteiger partial charge in [0, 0.05) is 5.02 Å². The normalized spacial score (nSPS) is 10.4. The van der Waals surface area contributed by atoms with Crippen molar-refractivity contribution >= 4 is 23.3 Å². The second-order valence-electron chi connectivity index (χ2n) is 3.75. The molecule has 0 aliphatic rings. The topological polar surface area (TPSA) is 96.2 Å². The molecule has 0 spiro atoms. The highest BCUT2D eigenvalue weighted by molar-refractivity contribution is 6.30. The SMILES string of the molecule is CCOc1nn(-c2ccc(Cl)cc2)c(N)c1C(N)=O. The van der Waals surface area contributed by atoms with Gasteiger partial charge in [0.1, 0.15) is 11.4 Å². The molecule has 2 aromatic rings. The van der Waals surface area contributed by atoms with Crippen molar-refractivity contribution in [3.05, 3.63) is 34.9 Å². The molecule has 6 nitrogen and oxygen atoms in total. The lowest BCUT2D eigenvalue weighted by atomic mass is 10.3. The van der Waals surface area contributed by atoms with E-state index in [0.717, 1.165) is 0 Å². The number of nitrogen functional groups attached to an aromatic ring is 1. The van der Waals surface area contributed by atoms with Crippen molar-refractivity contribution in [2.24, 2.45) is 5.73 Å². The molecular formula is C12H13ClN4O2. The Hall–Kier alpha value is -2.21. The van der Waals surface area contributed by atoms with Crippen molar-refractivity contribution in [1.29, 1.82) is 0 Å². The summed E-state index contributed by atoms with van der Waals surface area (Å²) in [6.07, 6.45) is 0. The summed E-state index contributed by atoms with van der Waals surface area (Å²) in [5.74, 6) is -0.415. The van der Waals surface area contributed by atoms with E-state index in [1.165, 1.54) is 4.68 Å². The van der Waals surface area contributed by atoms with Crippen LogP contribution in [-0.2, 0) is 0 Å². The van der Waals surface area contributed by atoms with Gasteiger partial charge in [0.05, 0.1) is 12.3 Å². The van der Waals surface area contributed by atoms with E-state index in [2.05, 4.69) is 5.10 Å². The molecule has 1 aromatic heterocycles. The van der Waals surface area contributed by atoms with Gasteiger partial charge < -0.3 is 16.2 Å². The summed E-state index contributed by atoms with van der Waals surface area (Å²) < 4.78 is 6.66.